The van der Waals surface area contributed by atoms with Gasteiger partial charge in [-0.2, -0.15) is 10.5 Å². The van der Waals surface area contributed by atoms with E-state index in [1.807, 2.05) is 56.3 Å². The molecule has 4 nitrogen and oxygen atoms in total. The predicted octanol–water partition coefficient (Wildman–Crippen LogP) is 13.5. The van der Waals surface area contributed by atoms with Crippen molar-refractivity contribution in [3.8, 4) is 29.4 Å². The molecule has 0 heterocycles. The Kier molecular flexibility index (Phi) is 13.7. The second-order valence-corrected chi connectivity index (χ2v) is 16.2. The highest BCUT2D eigenvalue weighted by atomic mass is 35.5. The van der Waals surface area contributed by atoms with E-state index in [-0.39, 0.29) is 5.41 Å². The lowest BCUT2D eigenvalue weighted by Crippen LogP contribution is -2.30. The third-order valence-electron chi connectivity index (χ3n) is 11.0. The molecule has 272 valence electrons. The summed E-state index contributed by atoms with van der Waals surface area (Å²) in [7, 11) is 2.68. The Bertz CT molecular complexity index is 1870. The van der Waals surface area contributed by atoms with E-state index >= 15 is 0 Å². The van der Waals surface area contributed by atoms with Gasteiger partial charge in [0.15, 0.2) is 0 Å². The first-order valence-corrected chi connectivity index (χ1v) is 20.4. The van der Waals surface area contributed by atoms with Gasteiger partial charge >= 0.3 is 0 Å². The van der Waals surface area contributed by atoms with Crippen LogP contribution in [0.15, 0.2) is 84.9 Å². The van der Waals surface area contributed by atoms with E-state index in [0.717, 1.165) is 42.6 Å². The molecule has 0 spiro atoms. The molecule has 3 atom stereocenters. The monoisotopic (exact) mass is 752 g/mol. The van der Waals surface area contributed by atoms with Crippen LogP contribution in [0.5, 0.6) is 17.2 Å². The van der Waals surface area contributed by atoms with Gasteiger partial charge in [0, 0.05) is 11.0 Å². The van der Waals surface area contributed by atoms with Gasteiger partial charge in [-0.25, -0.2) is 0 Å². The largest absolute Gasteiger partial charge is 0.483 e. The number of hydrogen-bond acceptors (Lipinski definition) is 4. The second kappa shape index (κ2) is 18.0. The van der Waals surface area contributed by atoms with Crippen LogP contribution in [0.2, 0.25) is 5.02 Å². The summed E-state index contributed by atoms with van der Waals surface area (Å²) >= 11 is 13.2. The van der Waals surface area contributed by atoms with Crippen molar-refractivity contribution in [1.82, 2.24) is 0 Å². The zero-order valence-corrected chi connectivity index (χ0v) is 33.5. The number of halogens is 2. The minimum absolute atomic E-state index is 0.178. The average molecular weight is 754 g/mol. The third-order valence-corrected chi connectivity index (χ3v) is 12.8. The molecule has 1 saturated carbocycles. The highest BCUT2D eigenvalue weighted by Crippen LogP contribution is 2.45. The molecular weight excluding hydrogens is 702 g/mol. The maximum atomic E-state index is 10.1. The Labute approximate surface area is 323 Å². The first-order valence-electron chi connectivity index (χ1n) is 18.8. The van der Waals surface area contributed by atoms with Gasteiger partial charge in [-0.3, -0.25) is 0 Å². The van der Waals surface area contributed by atoms with Crippen molar-refractivity contribution in [2.75, 3.05) is 6.16 Å². The molecule has 0 N–H and O–H groups in total. The Morgan fingerprint density at radius 3 is 1.71 bits per heavy atom. The quantitative estimate of drug-likeness (QED) is 0.119. The van der Waals surface area contributed by atoms with Crippen molar-refractivity contribution < 1.29 is 9.47 Å². The Balaban J connectivity index is 1.49. The molecule has 0 bridgehead atoms. The predicted molar refractivity (Wildman–Crippen MR) is 218 cm³/mol. The van der Waals surface area contributed by atoms with Crippen molar-refractivity contribution in [2.45, 2.75) is 114 Å². The summed E-state index contributed by atoms with van der Waals surface area (Å²) in [4.78, 5) is -0.691. The fourth-order valence-electron chi connectivity index (χ4n) is 7.70. The van der Waals surface area contributed by atoms with Gasteiger partial charge in [0.1, 0.15) is 35.0 Å². The van der Waals surface area contributed by atoms with Crippen LogP contribution >= 0.6 is 32.4 Å². The van der Waals surface area contributed by atoms with Crippen LogP contribution in [0.1, 0.15) is 131 Å². The van der Waals surface area contributed by atoms with Gasteiger partial charge in [0.2, 0.25) is 0 Å². The van der Waals surface area contributed by atoms with Gasteiger partial charge < -0.3 is 9.47 Å². The molecule has 52 heavy (non-hydrogen) atoms. The van der Waals surface area contributed by atoms with E-state index in [1.165, 1.54) is 56.1 Å². The average Bonchev–Trinajstić information content (AvgIpc) is 3.15. The number of hydrogen-bond donors (Lipinski definition) is 0. The fraction of sp³-hybridized carbons (Fsp3) is 0.422. The maximum absolute atomic E-state index is 10.1. The highest BCUT2D eigenvalue weighted by Gasteiger charge is 2.35. The lowest BCUT2D eigenvalue weighted by molar-refractivity contribution is 0.0822. The molecule has 1 aliphatic rings. The molecule has 4 aromatic rings. The smallest absolute Gasteiger partial charge is 0.145 e. The van der Waals surface area contributed by atoms with Crippen LogP contribution in [-0.2, 0) is 15.9 Å². The molecule has 0 amide bonds. The summed E-state index contributed by atoms with van der Waals surface area (Å²) in [6.45, 7) is 6.02. The molecule has 3 unspecified atom stereocenters. The highest BCUT2D eigenvalue weighted by molar-refractivity contribution is 7.16. The molecule has 0 radical (unpaired) electrons. The normalized spacial score (nSPS) is 17.5. The number of nitrogens with zero attached hydrogens (tertiary/aromatic N) is 2. The van der Waals surface area contributed by atoms with Crippen molar-refractivity contribution in [2.24, 2.45) is 0 Å². The number of ether oxygens (including phenoxy) is 2. The first-order chi connectivity index (χ1) is 25.1. The molecule has 1 fully saturated rings. The molecule has 7 heteroatoms. The van der Waals surface area contributed by atoms with Crippen molar-refractivity contribution >= 4 is 32.4 Å². The van der Waals surface area contributed by atoms with Gasteiger partial charge in [-0.05, 0) is 92.4 Å². The third kappa shape index (κ3) is 8.97. The summed E-state index contributed by atoms with van der Waals surface area (Å²) in [5.74, 6) is 1.95. The Morgan fingerprint density at radius 1 is 0.692 bits per heavy atom. The molecule has 1 aliphatic carbocycles. The molecular formula is C45H51Cl2N2O2P. The van der Waals surface area contributed by atoms with Crippen LogP contribution in [0, 0.1) is 22.7 Å². The van der Waals surface area contributed by atoms with Gasteiger partial charge in [-0.1, -0.05) is 125 Å². The van der Waals surface area contributed by atoms with E-state index < -0.39 is 10.5 Å². The summed E-state index contributed by atoms with van der Waals surface area (Å²) in [6, 6.07) is 33.0. The molecule has 5 rings (SSSR count). The van der Waals surface area contributed by atoms with Crippen molar-refractivity contribution in [1.29, 1.82) is 10.5 Å². The van der Waals surface area contributed by atoms with Gasteiger partial charge in [0.25, 0.3) is 0 Å². The summed E-state index contributed by atoms with van der Waals surface area (Å²) < 4.78 is 13.1. The lowest BCUT2D eigenvalue weighted by Gasteiger charge is -2.37. The molecule has 4 aromatic carbocycles. The standard InChI is InChI=1S/C45H51Cl2N2O2P/c1-4-44(3,40-17-14-18-41(46)37(40)30-48)51-36-26-22-34(23-27-36)45(28-12-10-8-6-5-7-9-11-13-29-45)33-20-24-35(25-21-33)50-42-19-15-16-39(38(42)31-49)43(2,47)32-52/h14-27H,4-13,28-29,32,52H2,1-3H3. The summed E-state index contributed by atoms with van der Waals surface area (Å²) in [5, 5.41) is 20.4. The first kappa shape index (κ1) is 39.7. The molecule has 0 aromatic heterocycles. The zero-order chi connectivity index (χ0) is 37.2. The molecule has 0 saturated heterocycles. The van der Waals surface area contributed by atoms with E-state index in [1.54, 1.807) is 6.07 Å². The molecule has 0 aliphatic heterocycles. The summed E-state index contributed by atoms with van der Waals surface area (Å²) in [6.07, 6.45) is 14.7. The Hall–Kier alpha value is -3.53. The van der Waals surface area contributed by atoms with Crippen LogP contribution in [0.3, 0.4) is 0 Å². The zero-order valence-electron chi connectivity index (χ0n) is 30.8. The minimum Gasteiger partial charge on any atom is -0.483 e. The van der Waals surface area contributed by atoms with Crippen LogP contribution in [0.25, 0.3) is 0 Å². The van der Waals surface area contributed by atoms with Gasteiger partial charge in [0.05, 0.1) is 21.0 Å². The second-order valence-electron chi connectivity index (χ2n) is 14.6. The minimum atomic E-state index is -0.721. The van der Waals surface area contributed by atoms with E-state index in [2.05, 4.69) is 64.7 Å². The van der Waals surface area contributed by atoms with Crippen LogP contribution in [-0.4, -0.2) is 6.16 Å². The van der Waals surface area contributed by atoms with E-state index in [9.17, 15) is 10.5 Å². The fourth-order valence-corrected chi connectivity index (χ4v) is 8.30. The van der Waals surface area contributed by atoms with Crippen LogP contribution in [0.4, 0.5) is 0 Å². The Morgan fingerprint density at radius 2 is 1.19 bits per heavy atom. The van der Waals surface area contributed by atoms with Gasteiger partial charge in [-0.15, -0.1) is 20.8 Å². The van der Waals surface area contributed by atoms with Crippen molar-refractivity contribution in [3.05, 3.63) is 123 Å². The number of rotatable bonds is 10. The van der Waals surface area contributed by atoms with E-state index in [0.29, 0.717) is 40.2 Å². The lowest BCUT2D eigenvalue weighted by atomic mass is 9.67. The number of alkyl halides is 1. The SMILES string of the molecule is CCC(C)(Oc1ccc(C2(c3ccc(Oc4cccc(C(C)(Cl)CP)c4C#N)cc3)CCCCCCCCCCC2)cc1)c1cccc(Cl)c1C#N. The number of benzene rings is 4. The topological polar surface area (TPSA) is 66.0 Å². The van der Waals surface area contributed by atoms with Crippen molar-refractivity contribution in [3.63, 3.8) is 0 Å². The van der Waals surface area contributed by atoms with Crippen LogP contribution < -0.4 is 9.47 Å². The van der Waals surface area contributed by atoms with E-state index in [4.69, 9.17) is 32.7 Å². The maximum Gasteiger partial charge on any atom is 0.145 e. The summed E-state index contributed by atoms with van der Waals surface area (Å²) in [5.41, 5.74) is 4.12. The number of nitriles is 2.